The third-order valence-electron chi connectivity index (χ3n) is 3.28. The second-order valence-electron chi connectivity index (χ2n) is 5.05. The second-order valence-corrected chi connectivity index (χ2v) is 7.63. The minimum absolute atomic E-state index is 0.230. The summed E-state index contributed by atoms with van der Waals surface area (Å²) in [6.45, 7) is 1.78. The summed E-state index contributed by atoms with van der Waals surface area (Å²) in [4.78, 5) is 20.0. The Morgan fingerprint density at radius 3 is 2.54 bits per heavy atom. The lowest BCUT2D eigenvalue weighted by Gasteiger charge is -2.13. The number of anilines is 1. The molecule has 0 bridgehead atoms. The van der Waals surface area contributed by atoms with Crippen LogP contribution < -0.4 is 5.32 Å². The third-order valence-corrected chi connectivity index (χ3v) is 5.08. The van der Waals surface area contributed by atoms with Crippen LogP contribution in [0.4, 0.5) is 5.69 Å². The number of aromatic nitrogens is 2. The quantitative estimate of drug-likeness (QED) is 0.557. The first-order valence-corrected chi connectivity index (χ1v) is 9.02. The van der Waals surface area contributed by atoms with Gasteiger partial charge in [-0.2, -0.15) is 0 Å². The Balaban J connectivity index is 1.73. The number of aromatic amines is 1. The van der Waals surface area contributed by atoms with Crippen molar-refractivity contribution in [3.63, 3.8) is 0 Å². The fraction of sp³-hybridized carbons (Fsp3) is 0.125. The molecule has 1 aromatic heterocycles. The summed E-state index contributed by atoms with van der Waals surface area (Å²) in [6.07, 6.45) is 0. The lowest BCUT2D eigenvalue weighted by atomic mass is 10.3. The van der Waals surface area contributed by atoms with Gasteiger partial charge < -0.3 is 10.3 Å². The molecule has 0 fully saturated rings. The molecule has 0 spiro atoms. The Bertz CT molecular complexity index is 856. The maximum atomic E-state index is 12.4. The van der Waals surface area contributed by atoms with Gasteiger partial charge in [0.15, 0.2) is 5.16 Å². The Kier molecular flexibility index (Phi) is 5.25. The van der Waals surface area contributed by atoms with E-state index in [9.17, 15) is 4.79 Å². The highest BCUT2D eigenvalue weighted by Crippen LogP contribution is 2.34. The van der Waals surface area contributed by atoms with Gasteiger partial charge in [0.25, 0.3) is 0 Å². The molecule has 3 aromatic rings. The molecule has 0 aliphatic heterocycles. The maximum absolute atomic E-state index is 12.4. The highest BCUT2D eigenvalue weighted by molar-refractivity contribution is 8.00. The zero-order chi connectivity index (χ0) is 17.3. The van der Waals surface area contributed by atoms with E-state index in [4.69, 9.17) is 34.8 Å². The lowest BCUT2D eigenvalue weighted by molar-refractivity contribution is -0.115. The van der Waals surface area contributed by atoms with E-state index >= 15 is 0 Å². The Morgan fingerprint density at radius 2 is 1.88 bits per heavy atom. The SMILES string of the molecule is CC(Sc1nc2ccccc2[nH]1)C(=O)Nc1c(Cl)cc(Cl)cc1Cl. The number of nitrogens with zero attached hydrogens (tertiary/aromatic N) is 1. The molecule has 124 valence electrons. The van der Waals surface area contributed by atoms with Gasteiger partial charge in [0.05, 0.1) is 32.0 Å². The first kappa shape index (κ1) is 17.4. The number of rotatable bonds is 4. The molecule has 0 saturated heterocycles. The van der Waals surface area contributed by atoms with E-state index in [1.54, 1.807) is 6.92 Å². The molecule has 8 heteroatoms. The second kappa shape index (κ2) is 7.23. The first-order valence-electron chi connectivity index (χ1n) is 7.01. The van der Waals surface area contributed by atoms with E-state index in [1.165, 1.54) is 23.9 Å². The van der Waals surface area contributed by atoms with E-state index in [0.717, 1.165) is 11.0 Å². The summed E-state index contributed by atoms with van der Waals surface area (Å²) in [7, 11) is 0. The number of amides is 1. The Morgan fingerprint density at radius 1 is 1.21 bits per heavy atom. The van der Waals surface area contributed by atoms with Gasteiger partial charge in [-0.1, -0.05) is 58.7 Å². The number of nitrogens with one attached hydrogen (secondary N) is 2. The summed E-state index contributed by atoms with van der Waals surface area (Å²) < 4.78 is 0. The number of carbonyl (C=O) groups excluding carboxylic acids is 1. The van der Waals surface area contributed by atoms with Crippen LogP contribution in [0.2, 0.25) is 15.1 Å². The van der Waals surface area contributed by atoms with E-state index in [0.29, 0.717) is 25.9 Å². The van der Waals surface area contributed by atoms with Gasteiger partial charge in [-0.05, 0) is 31.2 Å². The van der Waals surface area contributed by atoms with Crippen molar-refractivity contribution in [2.75, 3.05) is 5.32 Å². The number of H-pyrrole nitrogens is 1. The van der Waals surface area contributed by atoms with Crippen LogP contribution in [0.3, 0.4) is 0 Å². The summed E-state index contributed by atoms with van der Waals surface area (Å²) in [6, 6.07) is 10.7. The summed E-state index contributed by atoms with van der Waals surface area (Å²) in [5, 5.41) is 4.01. The highest BCUT2D eigenvalue weighted by Gasteiger charge is 2.19. The molecule has 0 radical (unpaired) electrons. The molecule has 1 unspecified atom stereocenters. The fourth-order valence-electron chi connectivity index (χ4n) is 2.09. The van der Waals surface area contributed by atoms with Crippen molar-refractivity contribution in [1.82, 2.24) is 9.97 Å². The zero-order valence-electron chi connectivity index (χ0n) is 12.4. The minimum Gasteiger partial charge on any atom is -0.333 e. The molecule has 1 amide bonds. The monoisotopic (exact) mass is 399 g/mol. The van der Waals surface area contributed by atoms with Crippen LogP contribution in [-0.4, -0.2) is 21.1 Å². The molecule has 0 saturated carbocycles. The van der Waals surface area contributed by atoms with E-state index < -0.39 is 5.25 Å². The van der Waals surface area contributed by atoms with E-state index in [1.807, 2.05) is 24.3 Å². The molecular formula is C16H12Cl3N3OS. The number of hydrogen-bond acceptors (Lipinski definition) is 3. The van der Waals surface area contributed by atoms with Gasteiger partial charge in [-0.25, -0.2) is 4.98 Å². The lowest BCUT2D eigenvalue weighted by Crippen LogP contribution is -2.22. The van der Waals surface area contributed by atoms with Gasteiger partial charge in [0, 0.05) is 5.02 Å². The average Bonchev–Trinajstić information content (AvgIpc) is 2.92. The molecule has 24 heavy (non-hydrogen) atoms. The molecule has 0 aliphatic carbocycles. The van der Waals surface area contributed by atoms with Crippen LogP contribution in [0.1, 0.15) is 6.92 Å². The first-order chi connectivity index (χ1) is 11.4. The predicted octanol–water partition coefficient (Wildman–Crippen LogP) is 5.64. The smallest absolute Gasteiger partial charge is 0.237 e. The summed E-state index contributed by atoms with van der Waals surface area (Å²) in [5.74, 6) is -0.230. The van der Waals surface area contributed by atoms with Gasteiger partial charge in [0.1, 0.15) is 0 Å². The van der Waals surface area contributed by atoms with E-state index in [-0.39, 0.29) is 5.91 Å². The van der Waals surface area contributed by atoms with Crippen molar-refractivity contribution in [3.8, 4) is 0 Å². The van der Waals surface area contributed by atoms with Crippen LogP contribution in [-0.2, 0) is 4.79 Å². The number of imidazole rings is 1. The fourth-order valence-corrected chi connectivity index (χ4v) is 3.82. The van der Waals surface area contributed by atoms with Crippen LogP contribution in [0.15, 0.2) is 41.6 Å². The molecule has 0 aliphatic rings. The van der Waals surface area contributed by atoms with Gasteiger partial charge in [-0.3, -0.25) is 4.79 Å². The largest absolute Gasteiger partial charge is 0.333 e. The van der Waals surface area contributed by atoms with Crippen molar-refractivity contribution < 1.29 is 4.79 Å². The van der Waals surface area contributed by atoms with Crippen molar-refractivity contribution in [1.29, 1.82) is 0 Å². The molecule has 3 rings (SSSR count). The molecule has 1 heterocycles. The Labute approximate surface area is 157 Å². The number of halogens is 3. The van der Waals surface area contributed by atoms with Crippen molar-refractivity contribution in [2.24, 2.45) is 0 Å². The van der Waals surface area contributed by atoms with Crippen molar-refractivity contribution >= 4 is 69.2 Å². The minimum atomic E-state index is -0.395. The summed E-state index contributed by atoms with van der Waals surface area (Å²) in [5.41, 5.74) is 2.14. The molecular weight excluding hydrogens is 389 g/mol. The standard InChI is InChI=1S/C16H12Cl3N3OS/c1-8(24-16-20-12-4-2-3-5-13(12)21-16)15(23)22-14-10(18)6-9(17)7-11(14)19/h2-8H,1H3,(H,20,21)(H,22,23). The molecule has 2 N–H and O–H groups in total. The van der Waals surface area contributed by atoms with Gasteiger partial charge >= 0.3 is 0 Å². The molecule has 4 nitrogen and oxygen atoms in total. The number of fused-ring (bicyclic) bond motifs is 1. The van der Waals surface area contributed by atoms with Gasteiger partial charge in [-0.15, -0.1) is 0 Å². The van der Waals surface area contributed by atoms with Crippen molar-refractivity contribution in [3.05, 3.63) is 51.5 Å². The highest BCUT2D eigenvalue weighted by atomic mass is 35.5. The van der Waals surface area contributed by atoms with Crippen LogP contribution in [0.5, 0.6) is 0 Å². The van der Waals surface area contributed by atoms with Crippen LogP contribution >= 0.6 is 46.6 Å². The number of carbonyl (C=O) groups is 1. The summed E-state index contributed by atoms with van der Waals surface area (Å²) >= 11 is 19.4. The van der Waals surface area contributed by atoms with Gasteiger partial charge in [0.2, 0.25) is 5.91 Å². The molecule has 1 atom stereocenters. The average molecular weight is 401 g/mol. The van der Waals surface area contributed by atoms with Crippen LogP contribution in [0.25, 0.3) is 11.0 Å². The number of hydrogen-bond donors (Lipinski definition) is 2. The maximum Gasteiger partial charge on any atom is 0.237 e. The topological polar surface area (TPSA) is 57.8 Å². The number of para-hydroxylation sites is 2. The Hall–Kier alpha value is -1.40. The third kappa shape index (κ3) is 3.81. The normalized spacial score (nSPS) is 12.3. The van der Waals surface area contributed by atoms with Crippen LogP contribution in [0, 0.1) is 0 Å². The number of thioether (sulfide) groups is 1. The zero-order valence-corrected chi connectivity index (χ0v) is 15.5. The van der Waals surface area contributed by atoms with E-state index in [2.05, 4.69) is 15.3 Å². The molecule has 2 aromatic carbocycles. The number of benzene rings is 2. The van der Waals surface area contributed by atoms with Crippen molar-refractivity contribution in [2.45, 2.75) is 17.3 Å². The predicted molar refractivity (Wildman–Crippen MR) is 102 cm³/mol.